The number of carbonyl (C=O) groups is 1. The van der Waals surface area contributed by atoms with Crippen LogP contribution in [0.5, 0.6) is 0 Å². The first-order valence-electron chi connectivity index (χ1n) is 5.20. The van der Waals surface area contributed by atoms with E-state index in [9.17, 15) is 13.6 Å². The number of nitrogens with zero attached hydrogens (tertiary/aromatic N) is 3. The van der Waals surface area contributed by atoms with Crippen LogP contribution in [0.15, 0.2) is 35.7 Å². The van der Waals surface area contributed by atoms with E-state index in [1.807, 2.05) is 0 Å². The number of imidazole rings is 1. The topological polar surface area (TPSA) is 68.0 Å². The van der Waals surface area contributed by atoms with Crippen molar-refractivity contribution in [2.24, 2.45) is 0 Å². The molecule has 1 N–H and O–H groups in total. The van der Waals surface area contributed by atoms with Crippen molar-refractivity contribution < 1.29 is 18.7 Å². The molecule has 19 heavy (non-hydrogen) atoms. The quantitative estimate of drug-likeness (QED) is 0.855. The van der Waals surface area contributed by atoms with Gasteiger partial charge in [-0.1, -0.05) is 11.8 Å². The molecule has 0 unspecified atom stereocenters. The molecule has 2 heterocycles. The van der Waals surface area contributed by atoms with Gasteiger partial charge in [0.25, 0.3) is 0 Å². The van der Waals surface area contributed by atoms with Crippen LogP contribution in [0.1, 0.15) is 22.7 Å². The van der Waals surface area contributed by atoms with Gasteiger partial charge in [-0.05, 0) is 12.1 Å². The maximum absolute atomic E-state index is 12.6. The smallest absolute Gasteiger partial charge is 0.338 e. The first-order chi connectivity index (χ1) is 9.09. The zero-order valence-corrected chi connectivity index (χ0v) is 10.3. The van der Waals surface area contributed by atoms with Crippen LogP contribution in [0.3, 0.4) is 0 Å². The molecule has 0 fully saturated rings. The van der Waals surface area contributed by atoms with Crippen molar-refractivity contribution in [3.8, 4) is 0 Å². The van der Waals surface area contributed by atoms with Gasteiger partial charge in [0, 0.05) is 18.6 Å². The summed E-state index contributed by atoms with van der Waals surface area (Å²) in [5.41, 5.74) is 0.0441. The monoisotopic (exact) mass is 285 g/mol. The molecule has 0 aliphatic carbocycles. The second-order valence-electron chi connectivity index (χ2n) is 3.48. The predicted octanol–water partition coefficient (Wildman–Crippen LogP) is 2.66. The molecule has 0 aliphatic rings. The second kappa shape index (κ2) is 5.79. The van der Waals surface area contributed by atoms with Crippen LogP contribution in [0.2, 0.25) is 0 Å². The van der Waals surface area contributed by atoms with E-state index in [2.05, 4.69) is 9.97 Å². The van der Waals surface area contributed by atoms with Gasteiger partial charge in [-0.2, -0.15) is 8.78 Å². The van der Waals surface area contributed by atoms with Crippen molar-refractivity contribution in [2.45, 2.75) is 17.3 Å². The van der Waals surface area contributed by atoms with Crippen LogP contribution in [0, 0.1) is 0 Å². The highest BCUT2D eigenvalue weighted by molar-refractivity contribution is 7.98. The fourth-order valence-corrected chi connectivity index (χ4v) is 2.37. The number of carboxylic acid groups (broad SMARTS) is 1. The van der Waals surface area contributed by atoms with Crippen LogP contribution < -0.4 is 0 Å². The number of thioether (sulfide) groups is 1. The van der Waals surface area contributed by atoms with E-state index in [1.165, 1.54) is 30.7 Å². The molecule has 0 aliphatic heterocycles. The molecule has 0 saturated carbocycles. The molecule has 0 spiro atoms. The fraction of sp³-hybridized carbons (Fsp3) is 0.182. The van der Waals surface area contributed by atoms with Gasteiger partial charge in [-0.15, -0.1) is 0 Å². The van der Waals surface area contributed by atoms with Crippen molar-refractivity contribution in [1.29, 1.82) is 0 Å². The Bertz CT molecular complexity index is 589. The summed E-state index contributed by atoms with van der Waals surface area (Å²) < 4.78 is 25.9. The van der Waals surface area contributed by atoms with Gasteiger partial charge in [-0.3, -0.25) is 4.57 Å². The molecule has 0 aromatic carbocycles. The summed E-state index contributed by atoms with van der Waals surface area (Å²) in [6.45, 7) is -2.67. The lowest BCUT2D eigenvalue weighted by Crippen LogP contribution is -2.04. The minimum atomic E-state index is -2.67. The van der Waals surface area contributed by atoms with E-state index in [4.69, 9.17) is 5.11 Å². The first kappa shape index (κ1) is 13.5. The minimum Gasteiger partial charge on any atom is -0.478 e. The lowest BCUT2D eigenvalue weighted by molar-refractivity contribution is 0.0673. The Balaban J connectivity index is 2.15. The summed E-state index contributed by atoms with van der Waals surface area (Å²) in [6.07, 6.45) is 3.91. The van der Waals surface area contributed by atoms with Crippen LogP contribution in [0.4, 0.5) is 8.78 Å². The summed E-state index contributed by atoms with van der Waals surface area (Å²) in [5, 5.41) is 9.25. The number of hydrogen-bond acceptors (Lipinski definition) is 4. The van der Waals surface area contributed by atoms with Crippen molar-refractivity contribution in [3.63, 3.8) is 0 Å². The second-order valence-corrected chi connectivity index (χ2v) is 4.44. The van der Waals surface area contributed by atoms with E-state index in [0.29, 0.717) is 0 Å². The van der Waals surface area contributed by atoms with Gasteiger partial charge < -0.3 is 5.11 Å². The zero-order chi connectivity index (χ0) is 13.8. The third kappa shape index (κ3) is 3.08. The number of hydrogen-bond donors (Lipinski definition) is 1. The van der Waals surface area contributed by atoms with E-state index in [-0.39, 0.29) is 22.2 Å². The average molecular weight is 285 g/mol. The maximum atomic E-state index is 12.6. The van der Waals surface area contributed by atoms with Crippen molar-refractivity contribution in [3.05, 3.63) is 42.1 Å². The molecule has 8 heteroatoms. The minimum absolute atomic E-state index is 0.0441. The Morgan fingerprint density at radius 3 is 2.89 bits per heavy atom. The molecule has 5 nitrogen and oxygen atoms in total. The number of carboxylic acids is 1. The van der Waals surface area contributed by atoms with E-state index >= 15 is 0 Å². The summed E-state index contributed by atoms with van der Waals surface area (Å²) in [5.74, 6) is -0.816. The third-order valence-electron chi connectivity index (χ3n) is 2.30. The average Bonchev–Trinajstić information content (AvgIpc) is 2.85. The summed E-state index contributed by atoms with van der Waals surface area (Å²) in [4.78, 5) is 18.7. The van der Waals surface area contributed by atoms with E-state index < -0.39 is 12.5 Å². The van der Waals surface area contributed by atoms with Gasteiger partial charge in [0.1, 0.15) is 10.9 Å². The lowest BCUT2D eigenvalue weighted by atomic mass is 10.3. The highest BCUT2D eigenvalue weighted by Crippen LogP contribution is 2.25. The number of halogens is 2. The number of alkyl halides is 2. The summed E-state index contributed by atoms with van der Waals surface area (Å²) >= 11 is 1.06. The first-order valence-corrected chi connectivity index (χ1v) is 6.19. The molecule has 0 saturated heterocycles. The summed E-state index contributed by atoms with van der Waals surface area (Å²) in [7, 11) is 0. The standard InChI is InChI=1S/C11H9F2N3O2S/c12-11(13)16-5-4-14-8(16)6-19-9-7(10(17)18)2-1-3-15-9/h1-5,11H,6H2,(H,17,18). The van der Waals surface area contributed by atoms with Crippen LogP contribution in [-0.2, 0) is 5.75 Å². The molecule has 2 rings (SSSR count). The largest absolute Gasteiger partial charge is 0.478 e. The van der Waals surface area contributed by atoms with E-state index in [0.717, 1.165) is 16.3 Å². The molecule has 0 bridgehead atoms. The Hall–Kier alpha value is -1.96. The van der Waals surface area contributed by atoms with Gasteiger partial charge in [-0.25, -0.2) is 14.8 Å². The number of aromatic carboxylic acids is 1. The van der Waals surface area contributed by atoms with Crippen molar-refractivity contribution in [1.82, 2.24) is 14.5 Å². The zero-order valence-electron chi connectivity index (χ0n) is 9.53. The fourth-order valence-electron chi connectivity index (χ4n) is 1.43. The molecule has 2 aromatic heterocycles. The highest BCUT2D eigenvalue weighted by Gasteiger charge is 2.15. The number of pyridine rings is 1. The van der Waals surface area contributed by atoms with Crippen LogP contribution >= 0.6 is 11.8 Å². The molecule has 2 aromatic rings. The Labute approximate surface area is 111 Å². The molecule has 100 valence electrons. The van der Waals surface area contributed by atoms with Gasteiger partial charge in [0.15, 0.2) is 0 Å². The Morgan fingerprint density at radius 2 is 2.21 bits per heavy atom. The molecular weight excluding hydrogens is 276 g/mol. The van der Waals surface area contributed by atoms with Gasteiger partial charge >= 0.3 is 12.5 Å². The van der Waals surface area contributed by atoms with Crippen molar-refractivity contribution in [2.75, 3.05) is 0 Å². The summed E-state index contributed by atoms with van der Waals surface area (Å²) in [6, 6.07) is 2.92. The van der Waals surface area contributed by atoms with Crippen molar-refractivity contribution >= 4 is 17.7 Å². The van der Waals surface area contributed by atoms with Crippen LogP contribution in [0.25, 0.3) is 0 Å². The van der Waals surface area contributed by atoms with Crippen LogP contribution in [-0.4, -0.2) is 25.6 Å². The van der Waals surface area contributed by atoms with E-state index in [1.54, 1.807) is 0 Å². The lowest BCUT2D eigenvalue weighted by Gasteiger charge is -2.07. The molecule has 0 atom stereocenters. The number of aromatic nitrogens is 3. The molecule has 0 radical (unpaired) electrons. The SMILES string of the molecule is O=C(O)c1cccnc1SCc1nccn1C(F)F. The highest BCUT2D eigenvalue weighted by atomic mass is 32.2. The van der Waals surface area contributed by atoms with Gasteiger partial charge in [0.2, 0.25) is 0 Å². The molecule has 0 amide bonds. The third-order valence-corrected chi connectivity index (χ3v) is 3.30. The Morgan fingerprint density at radius 1 is 1.42 bits per heavy atom. The normalized spacial score (nSPS) is 10.9. The predicted molar refractivity (Wildman–Crippen MR) is 64.2 cm³/mol. The molecular formula is C11H9F2N3O2S. The Kier molecular flexibility index (Phi) is 4.10. The number of rotatable bonds is 5. The van der Waals surface area contributed by atoms with Gasteiger partial charge in [0.05, 0.1) is 11.3 Å². The maximum Gasteiger partial charge on any atom is 0.338 e.